The van der Waals surface area contributed by atoms with Gasteiger partial charge in [-0.3, -0.25) is 14.9 Å². The summed E-state index contributed by atoms with van der Waals surface area (Å²) in [6, 6.07) is 6.36. The molecule has 0 atom stereocenters. The molecule has 118 valence electrons. The van der Waals surface area contributed by atoms with Crippen molar-refractivity contribution in [1.29, 1.82) is 0 Å². The van der Waals surface area contributed by atoms with Gasteiger partial charge in [0.25, 0.3) is 5.88 Å². The summed E-state index contributed by atoms with van der Waals surface area (Å²) in [4.78, 5) is 38.0. The molecule has 2 N–H and O–H groups in total. The molecule has 0 aliphatic carbocycles. The van der Waals surface area contributed by atoms with Crippen LogP contribution in [-0.4, -0.2) is 33.1 Å². The second kappa shape index (κ2) is 6.52. The van der Waals surface area contributed by atoms with Crippen LogP contribution in [0.1, 0.15) is 21.7 Å². The fraction of sp³-hybridized carbons (Fsp3) is 0.0714. The second-order valence-electron chi connectivity index (χ2n) is 4.33. The average Bonchev–Trinajstić information content (AvgIpc) is 2.51. The standard InChI is InChI=1S/C14H11N3O6/c1-23-14(20)9-5-2-8(3-6-9)4-7-10-15-12(18)11(17(21)22)13(19)16-10/h2-7H,1H3,(H2,15,16,18,19). The number of benzene rings is 1. The highest BCUT2D eigenvalue weighted by Crippen LogP contribution is 2.17. The van der Waals surface area contributed by atoms with Gasteiger partial charge in [-0.05, 0) is 23.8 Å². The van der Waals surface area contributed by atoms with Crippen molar-refractivity contribution in [3.05, 3.63) is 61.7 Å². The van der Waals surface area contributed by atoms with E-state index in [4.69, 9.17) is 0 Å². The van der Waals surface area contributed by atoms with E-state index in [0.717, 1.165) is 0 Å². The Kier molecular flexibility index (Phi) is 4.50. The monoisotopic (exact) mass is 317 g/mol. The summed E-state index contributed by atoms with van der Waals surface area (Å²) in [5.41, 5.74) is -1.00. The van der Waals surface area contributed by atoms with Crippen molar-refractivity contribution in [2.24, 2.45) is 0 Å². The van der Waals surface area contributed by atoms with Crippen molar-refractivity contribution >= 4 is 23.8 Å². The molecule has 0 aliphatic heterocycles. The number of ether oxygens (including phenoxy) is 1. The van der Waals surface area contributed by atoms with Crippen LogP contribution in [0.3, 0.4) is 0 Å². The summed E-state index contributed by atoms with van der Waals surface area (Å²) in [5, 5.41) is 20.0. The van der Waals surface area contributed by atoms with E-state index in [-0.39, 0.29) is 5.82 Å². The van der Waals surface area contributed by atoms with E-state index in [1.165, 1.54) is 13.2 Å². The first-order chi connectivity index (χ1) is 10.9. The van der Waals surface area contributed by atoms with Crippen LogP contribution in [0.5, 0.6) is 5.88 Å². The third kappa shape index (κ3) is 3.59. The number of carbonyl (C=O) groups excluding carboxylic acids is 1. The normalized spacial score (nSPS) is 10.7. The van der Waals surface area contributed by atoms with E-state index in [0.29, 0.717) is 11.1 Å². The third-order valence-electron chi connectivity index (χ3n) is 2.84. The largest absolute Gasteiger partial charge is 0.488 e. The number of aromatic nitrogens is 2. The van der Waals surface area contributed by atoms with Gasteiger partial charge >= 0.3 is 17.2 Å². The molecule has 0 saturated heterocycles. The fourth-order valence-electron chi connectivity index (χ4n) is 1.74. The number of hydrogen-bond acceptors (Lipinski definition) is 7. The smallest absolute Gasteiger partial charge is 0.395 e. The Balaban J connectivity index is 2.25. The molecule has 0 spiro atoms. The number of esters is 1. The Labute approximate surface area is 129 Å². The van der Waals surface area contributed by atoms with Gasteiger partial charge in [-0.25, -0.2) is 4.79 Å². The first-order valence-electron chi connectivity index (χ1n) is 6.26. The molecule has 0 unspecified atom stereocenters. The molecule has 0 fully saturated rings. The quantitative estimate of drug-likeness (QED) is 0.493. The first-order valence-corrected chi connectivity index (χ1v) is 6.26. The summed E-state index contributed by atoms with van der Waals surface area (Å²) in [5.74, 6) is -1.47. The lowest BCUT2D eigenvalue weighted by Gasteiger charge is -1.99. The zero-order valence-electron chi connectivity index (χ0n) is 11.8. The van der Waals surface area contributed by atoms with E-state index < -0.39 is 28.0 Å². The van der Waals surface area contributed by atoms with Crippen LogP contribution in [0.4, 0.5) is 5.69 Å². The Morgan fingerprint density at radius 3 is 2.52 bits per heavy atom. The maximum absolute atomic E-state index is 11.5. The van der Waals surface area contributed by atoms with Crippen molar-refractivity contribution in [1.82, 2.24) is 9.97 Å². The van der Waals surface area contributed by atoms with Crippen LogP contribution >= 0.6 is 0 Å². The molecule has 0 radical (unpaired) electrons. The Hall–Kier alpha value is -3.49. The Bertz CT molecular complexity index is 839. The maximum Gasteiger partial charge on any atom is 0.395 e. The molecule has 1 heterocycles. The van der Waals surface area contributed by atoms with Gasteiger partial charge in [0, 0.05) is 0 Å². The zero-order chi connectivity index (χ0) is 17.0. The SMILES string of the molecule is COC(=O)c1ccc(C=Cc2nc(O)c([N+](=O)[O-])c(=O)[nH]2)cc1. The molecule has 9 heteroatoms. The van der Waals surface area contributed by atoms with Gasteiger partial charge in [0.05, 0.1) is 17.6 Å². The molecule has 0 saturated carbocycles. The van der Waals surface area contributed by atoms with Gasteiger partial charge in [-0.15, -0.1) is 0 Å². The molecule has 2 aromatic rings. The highest BCUT2D eigenvalue weighted by molar-refractivity contribution is 5.89. The lowest BCUT2D eigenvalue weighted by atomic mass is 10.1. The zero-order valence-corrected chi connectivity index (χ0v) is 11.8. The van der Waals surface area contributed by atoms with Gasteiger partial charge in [-0.1, -0.05) is 18.2 Å². The number of hydrogen-bond donors (Lipinski definition) is 2. The van der Waals surface area contributed by atoms with Crippen LogP contribution in [-0.2, 0) is 4.74 Å². The number of nitro groups is 1. The second-order valence-corrected chi connectivity index (χ2v) is 4.33. The molecule has 23 heavy (non-hydrogen) atoms. The first kappa shape index (κ1) is 15.9. The molecular weight excluding hydrogens is 306 g/mol. The maximum atomic E-state index is 11.5. The summed E-state index contributed by atoms with van der Waals surface area (Å²) in [7, 11) is 1.28. The summed E-state index contributed by atoms with van der Waals surface area (Å²) in [6.07, 6.45) is 2.91. The van der Waals surface area contributed by atoms with Crippen LogP contribution in [0, 0.1) is 10.1 Å². The Morgan fingerprint density at radius 1 is 1.35 bits per heavy atom. The van der Waals surface area contributed by atoms with E-state index in [1.54, 1.807) is 30.3 Å². The molecule has 1 aromatic carbocycles. The van der Waals surface area contributed by atoms with Crippen molar-refractivity contribution in [3.63, 3.8) is 0 Å². The number of methoxy groups -OCH3 is 1. The van der Waals surface area contributed by atoms with Crippen LogP contribution in [0.25, 0.3) is 12.2 Å². The molecule has 2 rings (SSSR count). The molecule has 0 aliphatic rings. The summed E-state index contributed by atoms with van der Waals surface area (Å²) >= 11 is 0. The number of rotatable bonds is 4. The third-order valence-corrected chi connectivity index (χ3v) is 2.84. The van der Waals surface area contributed by atoms with Crippen LogP contribution in [0.15, 0.2) is 29.1 Å². The molecule has 1 aromatic heterocycles. The van der Waals surface area contributed by atoms with Gasteiger partial charge < -0.3 is 14.8 Å². The van der Waals surface area contributed by atoms with Gasteiger partial charge in [0.1, 0.15) is 5.82 Å². The highest BCUT2D eigenvalue weighted by atomic mass is 16.6. The van der Waals surface area contributed by atoms with Gasteiger partial charge in [0.2, 0.25) is 0 Å². The van der Waals surface area contributed by atoms with Crippen molar-refractivity contribution in [2.45, 2.75) is 0 Å². The minimum Gasteiger partial charge on any atom is -0.488 e. The van der Waals surface area contributed by atoms with Crippen molar-refractivity contribution < 1.29 is 19.6 Å². The van der Waals surface area contributed by atoms with E-state index in [1.807, 2.05) is 0 Å². The fourth-order valence-corrected chi connectivity index (χ4v) is 1.74. The molecule has 9 nitrogen and oxygen atoms in total. The van der Waals surface area contributed by atoms with Gasteiger partial charge in [0.15, 0.2) is 0 Å². The van der Waals surface area contributed by atoms with Crippen molar-refractivity contribution in [3.8, 4) is 5.88 Å². The number of aromatic amines is 1. The number of nitrogens with zero attached hydrogens (tertiary/aromatic N) is 2. The van der Waals surface area contributed by atoms with Crippen LogP contribution in [0.2, 0.25) is 0 Å². The molecule has 0 bridgehead atoms. The number of H-pyrrole nitrogens is 1. The number of nitrogens with one attached hydrogen (secondary N) is 1. The number of carbonyl (C=O) groups is 1. The molecule has 0 amide bonds. The lowest BCUT2D eigenvalue weighted by molar-refractivity contribution is -0.387. The van der Waals surface area contributed by atoms with E-state index >= 15 is 0 Å². The molecular formula is C14H11N3O6. The predicted octanol–water partition coefficient (Wildman–Crippen LogP) is 1.34. The minimum absolute atomic E-state index is 0.0462. The van der Waals surface area contributed by atoms with Crippen molar-refractivity contribution in [2.75, 3.05) is 7.11 Å². The predicted molar refractivity (Wildman–Crippen MR) is 79.9 cm³/mol. The van der Waals surface area contributed by atoms with E-state index in [2.05, 4.69) is 14.7 Å². The lowest BCUT2D eigenvalue weighted by Crippen LogP contribution is -2.14. The van der Waals surface area contributed by atoms with Gasteiger partial charge in [-0.2, -0.15) is 4.98 Å². The average molecular weight is 317 g/mol. The minimum atomic E-state index is -1.05. The topological polar surface area (TPSA) is 135 Å². The van der Waals surface area contributed by atoms with E-state index in [9.17, 15) is 24.8 Å². The summed E-state index contributed by atoms with van der Waals surface area (Å²) < 4.78 is 4.57. The summed E-state index contributed by atoms with van der Waals surface area (Å²) in [6.45, 7) is 0. The highest BCUT2D eigenvalue weighted by Gasteiger charge is 2.21. The Morgan fingerprint density at radius 2 is 2.00 bits per heavy atom. The van der Waals surface area contributed by atoms with Crippen LogP contribution < -0.4 is 5.56 Å². The number of aromatic hydroxyl groups is 1.